The smallest absolute Gasteiger partial charge is 0.408 e. The molecule has 58 heavy (non-hydrogen) atoms. The van der Waals surface area contributed by atoms with Gasteiger partial charge in [0.2, 0.25) is 11.8 Å². The van der Waals surface area contributed by atoms with Crippen LogP contribution in [0.4, 0.5) is 9.59 Å². The third-order valence-corrected chi connectivity index (χ3v) is 10.2. The summed E-state index contributed by atoms with van der Waals surface area (Å²) in [6, 6.07) is 9.83. The van der Waals surface area contributed by atoms with Gasteiger partial charge < -0.3 is 39.9 Å². The molecule has 0 spiro atoms. The van der Waals surface area contributed by atoms with Gasteiger partial charge in [-0.25, -0.2) is 19.6 Å². The Morgan fingerprint density at radius 2 is 1.10 bits per heavy atom. The minimum absolute atomic E-state index is 0.134. The van der Waals surface area contributed by atoms with Crippen molar-refractivity contribution in [1.82, 2.24) is 40.4 Å². The second kappa shape index (κ2) is 17.5. The highest BCUT2D eigenvalue weighted by molar-refractivity contribution is 5.87. The zero-order chi connectivity index (χ0) is 41.8. The number of benzene rings is 2. The zero-order valence-corrected chi connectivity index (χ0v) is 35.1. The van der Waals surface area contributed by atoms with Crippen LogP contribution in [-0.4, -0.2) is 90.1 Å². The zero-order valence-electron chi connectivity index (χ0n) is 35.1. The number of carbonyl (C=O) groups excluding carboxylic acids is 4. The SMILES string of the molecule is CCC[C@H](NC(=O)OC(C)(C)C)C(=O)N1CCCC1c1nc2cc(C#Cc3ccc4[nH]c([C@@H]5CCCN5C(=O)[C@H](CCC)NC(=O)OC(C)(C)C)nc4c3)ccc2[nH]1. The van der Waals surface area contributed by atoms with Gasteiger partial charge in [-0.15, -0.1) is 0 Å². The number of nitrogens with one attached hydrogen (secondary N) is 4. The van der Waals surface area contributed by atoms with Crippen LogP contribution in [0.3, 0.4) is 0 Å². The third kappa shape index (κ3) is 10.3. The molecule has 2 saturated heterocycles. The second-order valence-corrected chi connectivity index (χ2v) is 17.3. The number of nitrogens with zero attached hydrogens (tertiary/aromatic N) is 4. The van der Waals surface area contributed by atoms with E-state index < -0.39 is 35.5 Å². The van der Waals surface area contributed by atoms with Crippen LogP contribution in [0.2, 0.25) is 0 Å². The third-order valence-electron chi connectivity index (χ3n) is 10.2. The number of carbonyl (C=O) groups is 4. The fourth-order valence-electron chi connectivity index (χ4n) is 7.69. The van der Waals surface area contributed by atoms with Crippen LogP contribution in [-0.2, 0) is 19.1 Å². The van der Waals surface area contributed by atoms with Crippen LogP contribution in [0, 0.1) is 11.8 Å². The molecule has 310 valence electrons. The second-order valence-electron chi connectivity index (χ2n) is 17.3. The molecule has 14 nitrogen and oxygen atoms in total. The minimum Gasteiger partial charge on any atom is -0.444 e. The quantitative estimate of drug-likeness (QED) is 0.119. The predicted molar refractivity (Wildman–Crippen MR) is 222 cm³/mol. The van der Waals surface area contributed by atoms with Crippen molar-refractivity contribution < 1.29 is 28.7 Å². The molecule has 1 unspecified atom stereocenters. The van der Waals surface area contributed by atoms with Crippen molar-refractivity contribution in [1.29, 1.82) is 0 Å². The summed E-state index contributed by atoms with van der Waals surface area (Å²) in [6.45, 7) is 15.9. The molecular weight excluding hydrogens is 737 g/mol. The first kappa shape index (κ1) is 42.0. The molecule has 2 aromatic heterocycles. The number of likely N-dealkylation sites (tertiary alicyclic amines) is 2. The van der Waals surface area contributed by atoms with E-state index in [1.165, 1.54) is 0 Å². The van der Waals surface area contributed by atoms with Crippen molar-refractivity contribution in [3.8, 4) is 11.8 Å². The summed E-state index contributed by atoms with van der Waals surface area (Å²) in [5, 5.41) is 5.60. The highest BCUT2D eigenvalue weighted by atomic mass is 16.6. The number of H-pyrrole nitrogens is 2. The number of aromatic amines is 2. The van der Waals surface area contributed by atoms with E-state index >= 15 is 0 Å². The van der Waals surface area contributed by atoms with Gasteiger partial charge in [0.1, 0.15) is 34.9 Å². The predicted octanol–water partition coefficient (Wildman–Crippen LogP) is 7.55. The fraction of sp³-hybridized carbons (Fsp3) is 0.545. The summed E-state index contributed by atoms with van der Waals surface area (Å²) in [4.78, 5) is 73.0. The van der Waals surface area contributed by atoms with Gasteiger partial charge in [-0.05, 0) is 116 Å². The number of aromatic nitrogens is 4. The first-order chi connectivity index (χ1) is 27.5. The Morgan fingerprint density at radius 3 is 1.47 bits per heavy atom. The van der Waals surface area contributed by atoms with Gasteiger partial charge in [-0.3, -0.25) is 9.59 Å². The van der Waals surface area contributed by atoms with E-state index in [1.807, 2.05) is 60.0 Å². The Kier molecular flexibility index (Phi) is 12.7. The largest absolute Gasteiger partial charge is 0.444 e. The lowest BCUT2D eigenvalue weighted by molar-refractivity contribution is -0.135. The van der Waals surface area contributed by atoms with Crippen molar-refractivity contribution >= 4 is 46.1 Å². The molecule has 0 bridgehead atoms. The number of ether oxygens (including phenoxy) is 2. The summed E-state index contributed by atoms with van der Waals surface area (Å²) < 4.78 is 10.9. The van der Waals surface area contributed by atoms with Crippen LogP contribution in [0.1, 0.15) is 142 Å². The maximum absolute atomic E-state index is 13.8. The molecular formula is C44H58N8O6. The number of hydrogen-bond donors (Lipinski definition) is 4. The first-order valence-electron chi connectivity index (χ1n) is 20.6. The Bertz CT molecular complexity index is 2050. The van der Waals surface area contributed by atoms with Gasteiger partial charge in [0.05, 0.1) is 34.2 Å². The van der Waals surface area contributed by atoms with Gasteiger partial charge in [0.15, 0.2) is 0 Å². The number of amides is 4. The first-order valence-corrected chi connectivity index (χ1v) is 20.6. The lowest BCUT2D eigenvalue weighted by Gasteiger charge is -2.29. The standard InChI is InChI=1S/C44H58N8O6/c1-9-13-31(49-41(55)57-43(3,4)5)39(53)51-23-11-15-35(51)37-45-29-21-19-27(25-33(29)47-37)17-18-28-20-22-30-34(26-28)48-38(46-30)36-16-12-24-52(36)40(54)32(14-10-2)50-42(56)58-44(6,7)8/h19-22,25-26,31-32,35-36H,9-16,23-24H2,1-8H3,(H,45,47)(H,46,48)(H,49,55)(H,50,56)/t31-,32-,35-,36?/m0/s1. The summed E-state index contributed by atoms with van der Waals surface area (Å²) in [5.74, 6) is 7.69. The molecule has 4 atom stereocenters. The molecule has 14 heteroatoms. The van der Waals surface area contributed by atoms with Gasteiger partial charge >= 0.3 is 12.2 Å². The molecule has 4 heterocycles. The van der Waals surface area contributed by atoms with Gasteiger partial charge in [-0.1, -0.05) is 38.5 Å². The van der Waals surface area contributed by atoms with Crippen LogP contribution in [0.5, 0.6) is 0 Å². The van der Waals surface area contributed by atoms with Crippen LogP contribution >= 0.6 is 0 Å². The van der Waals surface area contributed by atoms with Gasteiger partial charge in [-0.2, -0.15) is 0 Å². The number of alkyl carbamates (subject to hydrolysis) is 2. The van der Waals surface area contributed by atoms with Gasteiger partial charge in [0, 0.05) is 24.2 Å². The molecule has 4 N–H and O–H groups in total. The molecule has 0 radical (unpaired) electrons. The normalized spacial score (nSPS) is 18.1. The van der Waals surface area contributed by atoms with Crippen molar-refractivity contribution in [2.45, 2.75) is 142 Å². The van der Waals surface area contributed by atoms with Crippen molar-refractivity contribution in [3.63, 3.8) is 0 Å². The maximum Gasteiger partial charge on any atom is 0.408 e. The van der Waals surface area contributed by atoms with Crippen LogP contribution in [0.25, 0.3) is 22.1 Å². The van der Waals surface area contributed by atoms with E-state index in [0.717, 1.165) is 71.7 Å². The highest BCUT2D eigenvalue weighted by Gasteiger charge is 2.38. The number of rotatable bonds is 10. The molecule has 0 saturated carbocycles. The maximum atomic E-state index is 13.8. The highest BCUT2D eigenvalue weighted by Crippen LogP contribution is 2.34. The van der Waals surface area contributed by atoms with Gasteiger partial charge in [0.25, 0.3) is 0 Å². The lowest BCUT2D eigenvalue weighted by Crippen LogP contribution is -2.49. The molecule has 2 aliphatic rings. The minimum atomic E-state index is -0.682. The van der Waals surface area contributed by atoms with E-state index in [-0.39, 0.29) is 23.9 Å². The molecule has 0 aliphatic carbocycles. The molecule has 2 aliphatic heterocycles. The van der Waals surface area contributed by atoms with Crippen molar-refractivity contribution in [3.05, 3.63) is 59.2 Å². The average Bonchev–Trinajstić information content (AvgIpc) is 3.96. The summed E-state index contributed by atoms with van der Waals surface area (Å²) in [5.41, 5.74) is 3.46. The van der Waals surface area contributed by atoms with E-state index in [2.05, 4.69) is 32.4 Å². The molecule has 2 fully saturated rings. The van der Waals surface area contributed by atoms with Crippen molar-refractivity contribution in [2.24, 2.45) is 0 Å². The Labute approximate surface area is 340 Å². The number of fused-ring (bicyclic) bond motifs is 2. The summed E-state index contributed by atoms with van der Waals surface area (Å²) in [6.07, 6.45) is 4.48. The Morgan fingerprint density at radius 1 is 0.707 bits per heavy atom. The Balaban J connectivity index is 1.14. The monoisotopic (exact) mass is 794 g/mol. The van der Waals surface area contributed by atoms with E-state index in [0.29, 0.717) is 37.6 Å². The van der Waals surface area contributed by atoms with E-state index in [4.69, 9.17) is 19.4 Å². The fourth-order valence-corrected chi connectivity index (χ4v) is 7.69. The molecule has 2 aromatic carbocycles. The number of hydrogen-bond acceptors (Lipinski definition) is 8. The van der Waals surface area contributed by atoms with Crippen LogP contribution in [0.15, 0.2) is 36.4 Å². The van der Waals surface area contributed by atoms with E-state index in [9.17, 15) is 19.2 Å². The number of imidazole rings is 2. The molecule has 4 aromatic rings. The topological polar surface area (TPSA) is 175 Å². The van der Waals surface area contributed by atoms with E-state index in [1.54, 1.807) is 41.5 Å². The molecule has 6 rings (SSSR count). The molecule has 4 amide bonds. The summed E-state index contributed by atoms with van der Waals surface area (Å²) >= 11 is 0. The van der Waals surface area contributed by atoms with Crippen molar-refractivity contribution in [2.75, 3.05) is 13.1 Å². The average molecular weight is 795 g/mol. The van der Waals surface area contributed by atoms with Crippen LogP contribution < -0.4 is 10.6 Å². The lowest BCUT2D eigenvalue weighted by atomic mass is 10.1. The Hall–Kier alpha value is -5.58. The summed E-state index contributed by atoms with van der Waals surface area (Å²) in [7, 11) is 0.